The number of fused-ring (bicyclic) bond motifs is 1. The van der Waals surface area contributed by atoms with Gasteiger partial charge >= 0.3 is 0 Å². The summed E-state index contributed by atoms with van der Waals surface area (Å²) < 4.78 is 2.04. The molecule has 1 aliphatic carbocycles. The largest absolute Gasteiger partial charge is 0.356 e. The summed E-state index contributed by atoms with van der Waals surface area (Å²) in [6, 6.07) is 4.66. The molecule has 2 radical (unpaired) electrons. The van der Waals surface area contributed by atoms with Gasteiger partial charge in [-0.15, -0.1) is 0 Å². The van der Waals surface area contributed by atoms with E-state index in [4.69, 9.17) is 18.1 Å². The van der Waals surface area contributed by atoms with Gasteiger partial charge in [0.25, 0.3) is 0 Å². The molecule has 0 bridgehead atoms. The van der Waals surface area contributed by atoms with Crippen LogP contribution in [0.5, 0.6) is 0 Å². The predicted molar refractivity (Wildman–Crippen MR) is 90.8 cm³/mol. The van der Waals surface area contributed by atoms with Gasteiger partial charge in [0.05, 0.1) is 5.69 Å². The molecule has 23 heavy (non-hydrogen) atoms. The van der Waals surface area contributed by atoms with Gasteiger partial charge in [-0.05, 0) is 38.6 Å². The van der Waals surface area contributed by atoms with Gasteiger partial charge in [0.15, 0.2) is 13.6 Å². The SMILES string of the molecule is [B]N1CCCC[C@H]1c1cc2nc(C3CC3)cc(N3CCC3)n2n1. The van der Waals surface area contributed by atoms with Gasteiger partial charge in [0, 0.05) is 42.9 Å². The first-order valence-electron chi connectivity index (χ1n) is 8.96. The summed E-state index contributed by atoms with van der Waals surface area (Å²) in [4.78, 5) is 9.26. The molecule has 2 aliphatic heterocycles. The zero-order valence-electron chi connectivity index (χ0n) is 13.5. The zero-order chi connectivity index (χ0) is 15.4. The number of aromatic nitrogens is 3. The van der Waals surface area contributed by atoms with Crippen molar-refractivity contribution in [2.45, 2.75) is 50.5 Å². The number of anilines is 1. The van der Waals surface area contributed by atoms with Gasteiger partial charge in [-0.1, -0.05) is 6.42 Å². The first-order chi connectivity index (χ1) is 11.3. The van der Waals surface area contributed by atoms with Crippen LogP contribution >= 0.6 is 0 Å². The molecule has 0 amide bonds. The van der Waals surface area contributed by atoms with E-state index < -0.39 is 0 Å². The van der Waals surface area contributed by atoms with Gasteiger partial charge < -0.3 is 9.71 Å². The van der Waals surface area contributed by atoms with Gasteiger partial charge in [0.2, 0.25) is 0 Å². The third-order valence-electron chi connectivity index (χ3n) is 5.51. The van der Waals surface area contributed by atoms with Crippen molar-refractivity contribution in [2.75, 3.05) is 24.5 Å². The second kappa shape index (κ2) is 5.23. The van der Waals surface area contributed by atoms with E-state index in [0.717, 1.165) is 37.4 Å². The number of hydrogen-bond donors (Lipinski definition) is 0. The van der Waals surface area contributed by atoms with Crippen molar-refractivity contribution in [3.05, 3.63) is 23.5 Å². The lowest BCUT2D eigenvalue weighted by atomic mass is 9.96. The fourth-order valence-electron chi connectivity index (χ4n) is 3.79. The van der Waals surface area contributed by atoms with Crippen molar-refractivity contribution >= 4 is 19.4 Å². The van der Waals surface area contributed by atoms with Crippen LogP contribution in [0.2, 0.25) is 0 Å². The maximum absolute atomic E-state index is 6.21. The van der Waals surface area contributed by atoms with Crippen LogP contribution in [0.3, 0.4) is 0 Å². The summed E-state index contributed by atoms with van der Waals surface area (Å²) in [7, 11) is 6.21. The predicted octanol–water partition coefficient (Wildman–Crippen LogP) is 2.43. The van der Waals surface area contributed by atoms with Crippen LogP contribution in [0.25, 0.3) is 5.65 Å². The Bertz CT molecular complexity index is 734. The third kappa shape index (κ3) is 2.35. The molecule has 5 rings (SSSR count). The molecule has 6 heteroatoms. The normalized spacial score (nSPS) is 25.7. The summed E-state index contributed by atoms with van der Waals surface area (Å²) >= 11 is 0. The van der Waals surface area contributed by atoms with E-state index in [1.54, 1.807) is 0 Å². The Labute approximate surface area is 138 Å². The van der Waals surface area contributed by atoms with E-state index in [2.05, 4.69) is 17.0 Å². The van der Waals surface area contributed by atoms with E-state index in [0.29, 0.717) is 5.92 Å². The third-order valence-corrected chi connectivity index (χ3v) is 5.51. The van der Waals surface area contributed by atoms with Gasteiger partial charge in [0.1, 0.15) is 5.82 Å². The molecular formula is C17H22BN5. The molecule has 2 saturated heterocycles. The topological polar surface area (TPSA) is 36.7 Å². The van der Waals surface area contributed by atoms with Crippen LogP contribution in [0.1, 0.15) is 61.9 Å². The molecule has 118 valence electrons. The molecule has 3 fully saturated rings. The van der Waals surface area contributed by atoms with Gasteiger partial charge in [-0.2, -0.15) is 9.61 Å². The average molecular weight is 307 g/mol. The smallest absolute Gasteiger partial charge is 0.183 e. The Morgan fingerprint density at radius 2 is 1.83 bits per heavy atom. The number of nitrogens with zero attached hydrogens (tertiary/aromatic N) is 5. The Balaban J connectivity index is 1.60. The second-order valence-corrected chi connectivity index (χ2v) is 7.24. The van der Waals surface area contributed by atoms with Gasteiger partial charge in [-0.3, -0.25) is 0 Å². The lowest BCUT2D eigenvalue weighted by Crippen LogP contribution is -2.38. The Morgan fingerprint density at radius 1 is 0.957 bits per heavy atom. The molecule has 0 spiro atoms. The molecular weight excluding hydrogens is 285 g/mol. The van der Waals surface area contributed by atoms with E-state index >= 15 is 0 Å². The Hall–Kier alpha value is -1.56. The van der Waals surface area contributed by atoms with Crippen LogP contribution in [0.15, 0.2) is 12.1 Å². The summed E-state index contributed by atoms with van der Waals surface area (Å²) in [6.45, 7) is 3.22. The summed E-state index contributed by atoms with van der Waals surface area (Å²) in [5.74, 6) is 1.88. The van der Waals surface area contributed by atoms with Crippen molar-refractivity contribution in [2.24, 2.45) is 0 Å². The monoisotopic (exact) mass is 307 g/mol. The van der Waals surface area contributed by atoms with Crippen molar-refractivity contribution in [1.82, 2.24) is 19.4 Å². The highest BCUT2D eigenvalue weighted by Gasteiger charge is 2.29. The van der Waals surface area contributed by atoms with Crippen molar-refractivity contribution in [1.29, 1.82) is 0 Å². The molecule has 2 aromatic rings. The molecule has 5 nitrogen and oxygen atoms in total. The molecule has 2 aromatic heterocycles. The Kier molecular flexibility index (Phi) is 3.15. The highest BCUT2D eigenvalue weighted by Crippen LogP contribution is 2.41. The molecule has 1 atom stereocenters. The maximum Gasteiger partial charge on any atom is 0.183 e. The van der Waals surface area contributed by atoms with Gasteiger partial charge in [-0.25, -0.2) is 4.98 Å². The minimum atomic E-state index is 0.235. The van der Waals surface area contributed by atoms with Crippen molar-refractivity contribution in [3.8, 4) is 0 Å². The standard InChI is InChI=1S/C17H22BN5/c18-22-9-2-1-4-15(22)14-10-16-19-13(12-5-6-12)11-17(23(16)20-14)21-7-3-8-21/h10-12,15H,1-9H2/t15-/m0/s1. The van der Waals surface area contributed by atoms with E-state index in [-0.39, 0.29) is 6.04 Å². The minimum absolute atomic E-state index is 0.235. The second-order valence-electron chi connectivity index (χ2n) is 7.24. The maximum atomic E-state index is 6.21. The number of piperidine rings is 1. The van der Waals surface area contributed by atoms with E-state index in [9.17, 15) is 0 Å². The lowest BCUT2D eigenvalue weighted by Gasteiger charge is -2.33. The number of rotatable bonds is 3. The fourth-order valence-corrected chi connectivity index (χ4v) is 3.79. The Morgan fingerprint density at radius 3 is 2.52 bits per heavy atom. The zero-order valence-corrected chi connectivity index (χ0v) is 13.5. The summed E-state index contributed by atoms with van der Waals surface area (Å²) in [6.07, 6.45) is 7.34. The van der Waals surface area contributed by atoms with E-state index in [1.807, 2.05) is 9.33 Å². The number of hydrogen-bond acceptors (Lipinski definition) is 4. The average Bonchev–Trinajstić information content (AvgIpc) is 3.25. The fraction of sp³-hybridized carbons (Fsp3) is 0.647. The summed E-state index contributed by atoms with van der Waals surface area (Å²) in [5.41, 5.74) is 3.32. The molecule has 3 aliphatic rings. The summed E-state index contributed by atoms with van der Waals surface area (Å²) in [5, 5.41) is 4.90. The van der Waals surface area contributed by atoms with Crippen LogP contribution in [0, 0.1) is 0 Å². The van der Waals surface area contributed by atoms with Crippen LogP contribution in [-0.4, -0.2) is 47.0 Å². The molecule has 0 unspecified atom stereocenters. The van der Waals surface area contributed by atoms with E-state index in [1.165, 1.54) is 43.6 Å². The first kappa shape index (κ1) is 13.8. The highest BCUT2D eigenvalue weighted by molar-refractivity contribution is 6.04. The lowest BCUT2D eigenvalue weighted by molar-refractivity contribution is 0.261. The quantitative estimate of drug-likeness (QED) is 0.816. The molecule has 4 heterocycles. The molecule has 0 aromatic carbocycles. The van der Waals surface area contributed by atoms with Crippen molar-refractivity contribution in [3.63, 3.8) is 0 Å². The van der Waals surface area contributed by atoms with Crippen molar-refractivity contribution < 1.29 is 0 Å². The van der Waals surface area contributed by atoms with Crippen LogP contribution in [-0.2, 0) is 0 Å². The first-order valence-corrected chi connectivity index (χ1v) is 8.96. The highest BCUT2D eigenvalue weighted by atomic mass is 15.4. The molecule has 0 N–H and O–H groups in total. The van der Waals surface area contributed by atoms with Crippen LogP contribution < -0.4 is 4.90 Å². The molecule has 1 saturated carbocycles. The minimum Gasteiger partial charge on any atom is -0.356 e. The van der Waals surface area contributed by atoms with Crippen LogP contribution in [0.4, 0.5) is 5.82 Å².